The van der Waals surface area contributed by atoms with Gasteiger partial charge in [-0.3, -0.25) is 20.4 Å². The highest BCUT2D eigenvalue weighted by Crippen LogP contribution is 2.22. The van der Waals surface area contributed by atoms with Gasteiger partial charge in [-0.15, -0.1) is 0 Å². The largest absolute Gasteiger partial charge is 0.378 e. The maximum absolute atomic E-state index is 12.4. The molecule has 31 heavy (non-hydrogen) atoms. The molecular weight excluding hydrogens is 437 g/mol. The Morgan fingerprint density at radius 2 is 1.58 bits per heavy atom. The van der Waals surface area contributed by atoms with Gasteiger partial charge in [0.05, 0.1) is 16.3 Å². The third kappa shape index (κ3) is 5.86. The minimum atomic E-state index is -1.31. The van der Waals surface area contributed by atoms with E-state index in [9.17, 15) is 14.7 Å². The molecule has 1 unspecified atom stereocenters. The molecule has 0 fully saturated rings. The van der Waals surface area contributed by atoms with Gasteiger partial charge in [-0.1, -0.05) is 72.2 Å². The van der Waals surface area contributed by atoms with Crippen molar-refractivity contribution in [3.05, 3.63) is 106 Å². The Morgan fingerprint density at radius 3 is 2.23 bits per heavy atom. The second-order valence-electron chi connectivity index (χ2n) is 6.56. The third-order valence-corrected chi connectivity index (χ3v) is 4.92. The number of anilines is 1. The lowest BCUT2D eigenvalue weighted by molar-refractivity contribution is -0.130. The van der Waals surface area contributed by atoms with Crippen LogP contribution in [0.25, 0.3) is 5.70 Å². The summed E-state index contributed by atoms with van der Waals surface area (Å²) in [5, 5.41) is 13.5. The van der Waals surface area contributed by atoms with E-state index in [1.54, 1.807) is 66.7 Å². The molecule has 3 rings (SSSR count). The summed E-state index contributed by atoms with van der Waals surface area (Å²) in [5.41, 5.74) is 7.53. The van der Waals surface area contributed by atoms with Crippen molar-refractivity contribution < 1.29 is 14.7 Å². The number of hydrazine groups is 1. The Balaban J connectivity index is 1.56. The van der Waals surface area contributed by atoms with E-state index < -0.39 is 12.0 Å². The molecule has 0 bridgehead atoms. The fourth-order valence-electron chi connectivity index (χ4n) is 2.69. The van der Waals surface area contributed by atoms with Gasteiger partial charge in [-0.25, -0.2) is 0 Å². The fraction of sp³-hybridized carbons (Fsp3) is 0.0435. The first kappa shape index (κ1) is 22.4. The van der Waals surface area contributed by atoms with E-state index in [2.05, 4.69) is 22.7 Å². The topological polar surface area (TPSA) is 90.5 Å². The summed E-state index contributed by atoms with van der Waals surface area (Å²) in [6, 6.07) is 20.0. The van der Waals surface area contributed by atoms with Crippen molar-refractivity contribution in [3.8, 4) is 0 Å². The van der Waals surface area contributed by atoms with Crippen molar-refractivity contribution >= 4 is 46.4 Å². The molecule has 0 saturated carbocycles. The van der Waals surface area contributed by atoms with Crippen LogP contribution < -0.4 is 16.2 Å². The van der Waals surface area contributed by atoms with Crippen molar-refractivity contribution in [2.45, 2.75) is 6.10 Å². The van der Waals surface area contributed by atoms with Crippen LogP contribution in [0.1, 0.15) is 27.6 Å². The normalized spacial score (nSPS) is 11.3. The van der Waals surface area contributed by atoms with Crippen molar-refractivity contribution in [1.29, 1.82) is 0 Å². The number of hydrogen-bond acceptors (Lipinski definition) is 4. The summed E-state index contributed by atoms with van der Waals surface area (Å²) in [4.78, 5) is 24.5. The highest BCUT2D eigenvalue weighted by molar-refractivity contribution is 6.37. The summed E-state index contributed by atoms with van der Waals surface area (Å²) in [6.45, 7) is 3.86. The van der Waals surface area contributed by atoms with E-state index in [0.29, 0.717) is 33.1 Å². The summed E-state index contributed by atoms with van der Waals surface area (Å²) < 4.78 is 0. The number of hydrogen-bond donors (Lipinski definition) is 4. The second kappa shape index (κ2) is 10.1. The molecule has 158 valence electrons. The smallest absolute Gasteiger partial charge is 0.271 e. The van der Waals surface area contributed by atoms with Crippen LogP contribution in [-0.2, 0) is 4.79 Å². The molecule has 0 radical (unpaired) electrons. The number of benzene rings is 3. The molecule has 0 aliphatic heterocycles. The van der Waals surface area contributed by atoms with Crippen LogP contribution in [0.3, 0.4) is 0 Å². The van der Waals surface area contributed by atoms with Gasteiger partial charge < -0.3 is 10.4 Å². The Hall–Kier alpha value is -3.32. The molecule has 8 heteroatoms. The van der Waals surface area contributed by atoms with E-state index >= 15 is 0 Å². The molecule has 6 nitrogen and oxygen atoms in total. The van der Waals surface area contributed by atoms with Gasteiger partial charge >= 0.3 is 0 Å². The average molecular weight is 456 g/mol. The van der Waals surface area contributed by atoms with Crippen LogP contribution in [0.15, 0.2) is 79.4 Å². The van der Waals surface area contributed by atoms with Gasteiger partial charge in [0.1, 0.15) is 0 Å². The van der Waals surface area contributed by atoms with Gasteiger partial charge in [0.15, 0.2) is 6.10 Å². The lowest BCUT2D eigenvalue weighted by Crippen LogP contribution is -2.39. The van der Waals surface area contributed by atoms with Crippen molar-refractivity contribution in [1.82, 2.24) is 10.9 Å². The Labute approximate surface area is 189 Å². The monoisotopic (exact) mass is 455 g/mol. The molecule has 0 spiro atoms. The highest BCUT2D eigenvalue weighted by atomic mass is 35.5. The van der Waals surface area contributed by atoms with Crippen molar-refractivity contribution in [3.63, 3.8) is 0 Å². The fourth-order valence-corrected chi connectivity index (χ4v) is 3.19. The number of rotatable bonds is 7. The predicted molar refractivity (Wildman–Crippen MR) is 123 cm³/mol. The predicted octanol–water partition coefficient (Wildman–Crippen LogP) is 4.57. The first-order valence-electron chi connectivity index (χ1n) is 9.20. The quantitative estimate of drug-likeness (QED) is 0.392. The minimum absolute atomic E-state index is 0.257. The standard InChI is InChI=1S/C23H19Cl2N3O3/c1-14(27-28-23(31)21(29)16-5-3-2-4-6-16)15-7-10-18(11-8-15)26-22(30)19-12-9-17(24)13-20(19)25/h2-13,21,27,29H,1H2,(H,26,30)(H,28,31). The lowest BCUT2D eigenvalue weighted by Gasteiger charge is -2.15. The van der Waals surface area contributed by atoms with Crippen molar-refractivity contribution in [2.75, 3.05) is 5.32 Å². The zero-order valence-corrected chi connectivity index (χ0v) is 17.7. The number of aliphatic hydroxyl groups is 1. The zero-order chi connectivity index (χ0) is 22.4. The van der Waals surface area contributed by atoms with Gasteiger partial charge in [-0.2, -0.15) is 0 Å². The highest BCUT2D eigenvalue weighted by Gasteiger charge is 2.17. The molecule has 3 aromatic rings. The van der Waals surface area contributed by atoms with Crippen LogP contribution in [0.5, 0.6) is 0 Å². The summed E-state index contributed by atoms with van der Waals surface area (Å²) >= 11 is 11.9. The maximum Gasteiger partial charge on any atom is 0.271 e. The molecule has 0 aliphatic carbocycles. The Kier molecular flexibility index (Phi) is 7.31. The lowest BCUT2D eigenvalue weighted by atomic mass is 10.1. The van der Waals surface area contributed by atoms with Crippen LogP contribution >= 0.6 is 23.2 Å². The van der Waals surface area contributed by atoms with Gasteiger partial charge in [0, 0.05) is 10.7 Å². The molecule has 1 atom stereocenters. The molecule has 0 aliphatic rings. The van der Waals surface area contributed by atoms with E-state index in [4.69, 9.17) is 23.2 Å². The van der Waals surface area contributed by atoms with Crippen LogP contribution in [0.2, 0.25) is 10.0 Å². The molecule has 2 amide bonds. The SMILES string of the molecule is C=C(NNC(=O)C(O)c1ccccc1)c1ccc(NC(=O)c2ccc(Cl)cc2Cl)cc1. The number of halogens is 2. The Bertz CT molecular complexity index is 1100. The van der Waals surface area contributed by atoms with E-state index in [-0.39, 0.29) is 10.9 Å². The van der Waals surface area contributed by atoms with Gasteiger partial charge in [0.2, 0.25) is 0 Å². The van der Waals surface area contributed by atoms with Crippen LogP contribution in [-0.4, -0.2) is 16.9 Å². The van der Waals surface area contributed by atoms with E-state index in [1.807, 2.05) is 0 Å². The summed E-state index contributed by atoms with van der Waals surface area (Å²) in [6.07, 6.45) is -1.31. The summed E-state index contributed by atoms with van der Waals surface area (Å²) in [7, 11) is 0. The van der Waals surface area contributed by atoms with Crippen molar-refractivity contribution in [2.24, 2.45) is 0 Å². The second-order valence-corrected chi connectivity index (χ2v) is 7.41. The van der Waals surface area contributed by atoms with Gasteiger partial charge in [0.25, 0.3) is 11.8 Å². The van der Waals surface area contributed by atoms with Crippen LogP contribution in [0.4, 0.5) is 5.69 Å². The molecule has 0 aromatic heterocycles. The molecule has 4 N–H and O–H groups in total. The maximum atomic E-state index is 12.4. The minimum Gasteiger partial charge on any atom is -0.378 e. The first-order valence-corrected chi connectivity index (χ1v) is 9.95. The Morgan fingerprint density at radius 1 is 0.903 bits per heavy atom. The third-order valence-electron chi connectivity index (χ3n) is 4.37. The van der Waals surface area contributed by atoms with Gasteiger partial charge in [-0.05, 0) is 41.5 Å². The summed E-state index contributed by atoms with van der Waals surface area (Å²) in [5.74, 6) is -0.982. The van der Waals surface area contributed by atoms with Crippen LogP contribution in [0, 0.1) is 0 Å². The molecule has 0 heterocycles. The average Bonchev–Trinajstić information content (AvgIpc) is 2.77. The van der Waals surface area contributed by atoms with E-state index in [1.165, 1.54) is 6.07 Å². The number of carbonyl (C=O) groups excluding carboxylic acids is 2. The number of nitrogens with one attached hydrogen (secondary N) is 3. The first-order chi connectivity index (χ1) is 14.8. The zero-order valence-electron chi connectivity index (χ0n) is 16.2. The number of amides is 2. The number of aliphatic hydroxyl groups excluding tert-OH is 1. The molecule has 3 aromatic carbocycles. The molecule has 0 saturated heterocycles. The number of carbonyl (C=O) groups is 2. The van der Waals surface area contributed by atoms with E-state index in [0.717, 1.165) is 0 Å². The molecular formula is C23H19Cl2N3O3.